The number of aromatic amines is 2. The summed E-state index contributed by atoms with van der Waals surface area (Å²) in [6, 6.07) is 7.91. The number of nitrogens with one attached hydrogen (secondary N) is 2. The lowest BCUT2D eigenvalue weighted by Crippen LogP contribution is -2.24. The van der Waals surface area contributed by atoms with Crippen LogP contribution in [0.3, 0.4) is 0 Å². The average molecular weight is 317 g/mol. The molecule has 0 unspecified atom stereocenters. The summed E-state index contributed by atoms with van der Waals surface area (Å²) in [5.41, 5.74) is -0.247. The van der Waals surface area contributed by atoms with Crippen LogP contribution in [-0.2, 0) is 6.42 Å². The van der Waals surface area contributed by atoms with E-state index in [0.29, 0.717) is 19.6 Å². The second-order valence-corrected chi connectivity index (χ2v) is 4.91. The highest BCUT2D eigenvalue weighted by Crippen LogP contribution is 2.12. The summed E-state index contributed by atoms with van der Waals surface area (Å²) < 4.78 is 5.58. The minimum Gasteiger partial charge on any atom is -0.494 e. The molecule has 7 nitrogen and oxygen atoms in total. The van der Waals surface area contributed by atoms with Crippen LogP contribution in [0.4, 0.5) is 0 Å². The van der Waals surface area contributed by atoms with E-state index in [-0.39, 0.29) is 5.56 Å². The fraction of sp³-hybridized carbons (Fsp3) is 0.312. The highest BCUT2D eigenvalue weighted by molar-refractivity contribution is 5.81. The maximum absolute atomic E-state index is 11.5. The average Bonchev–Trinajstić information content (AvgIpc) is 2.53. The zero-order valence-corrected chi connectivity index (χ0v) is 12.8. The monoisotopic (exact) mass is 317 g/mol. The number of ether oxygens (including phenoxy) is 1. The fourth-order valence-corrected chi connectivity index (χ4v) is 1.93. The van der Waals surface area contributed by atoms with Crippen molar-refractivity contribution in [3.8, 4) is 11.6 Å². The van der Waals surface area contributed by atoms with Crippen molar-refractivity contribution in [3.05, 3.63) is 56.2 Å². The Balaban J connectivity index is 1.79. The molecule has 0 saturated heterocycles. The third-order valence-corrected chi connectivity index (χ3v) is 3.21. The first-order valence-corrected chi connectivity index (χ1v) is 7.37. The van der Waals surface area contributed by atoms with Crippen LogP contribution in [0.15, 0.2) is 38.8 Å². The smallest absolute Gasteiger partial charge is 0.328 e. The number of aromatic hydroxyl groups is 1. The number of hydrogen-bond donors (Lipinski definition) is 3. The summed E-state index contributed by atoms with van der Waals surface area (Å²) >= 11 is 0. The van der Waals surface area contributed by atoms with Gasteiger partial charge in [0.05, 0.1) is 6.61 Å². The largest absolute Gasteiger partial charge is 0.494 e. The maximum Gasteiger partial charge on any atom is 0.328 e. The van der Waals surface area contributed by atoms with E-state index in [0.717, 1.165) is 12.2 Å². The van der Waals surface area contributed by atoms with Crippen molar-refractivity contribution in [1.29, 1.82) is 0 Å². The molecule has 1 aromatic carbocycles. The molecule has 0 radical (unpaired) electrons. The van der Waals surface area contributed by atoms with Crippen LogP contribution in [0.5, 0.6) is 11.6 Å². The van der Waals surface area contributed by atoms with Gasteiger partial charge in [0.1, 0.15) is 11.3 Å². The molecule has 0 atom stereocenters. The Kier molecular flexibility index (Phi) is 5.74. The van der Waals surface area contributed by atoms with Gasteiger partial charge in [0.15, 0.2) is 0 Å². The number of aromatic nitrogens is 2. The minimum atomic E-state index is -0.757. The number of aliphatic imine (C=N–C) groups is 1. The molecule has 0 aliphatic carbocycles. The van der Waals surface area contributed by atoms with Crippen LogP contribution in [0.25, 0.3) is 0 Å². The molecule has 1 aromatic heterocycles. The van der Waals surface area contributed by atoms with Gasteiger partial charge in [-0.2, -0.15) is 0 Å². The molecule has 0 aliphatic heterocycles. The molecule has 0 fully saturated rings. The number of aryl methyl sites for hydroxylation is 1. The van der Waals surface area contributed by atoms with Crippen molar-refractivity contribution >= 4 is 6.21 Å². The molecule has 122 valence electrons. The van der Waals surface area contributed by atoms with Gasteiger partial charge >= 0.3 is 5.69 Å². The molecule has 2 aromatic rings. The Morgan fingerprint density at radius 2 is 1.96 bits per heavy atom. The van der Waals surface area contributed by atoms with Crippen molar-refractivity contribution in [3.63, 3.8) is 0 Å². The lowest BCUT2D eigenvalue weighted by Gasteiger charge is -2.05. The van der Waals surface area contributed by atoms with Crippen molar-refractivity contribution in [2.45, 2.75) is 19.8 Å². The molecule has 1 heterocycles. The Morgan fingerprint density at radius 3 is 2.61 bits per heavy atom. The molecular weight excluding hydrogens is 298 g/mol. The van der Waals surface area contributed by atoms with E-state index in [4.69, 9.17) is 4.74 Å². The zero-order chi connectivity index (χ0) is 16.7. The fourth-order valence-electron chi connectivity index (χ4n) is 1.93. The Morgan fingerprint density at radius 1 is 1.22 bits per heavy atom. The van der Waals surface area contributed by atoms with E-state index in [9.17, 15) is 14.7 Å². The van der Waals surface area contributed by atoms with Crippen molar-refractivity contribution < 1.29 is 9.84 Å². The molecule has 7 heteroatoms. The van der Waals surface area contributed by atoms with E-state index in [2.05, 4.69) is 16.9 Å². The summed E-state index contributed by atoms with van der Waals surface area (Å²) in [6.07, 6.45) is 2.89. The molecule has 0 bridgehead atoms. The summed E-state index contributed by atoms with van der Waals surface area (Å²) in [4.78, 5) is 30.5. The first kappa shape index (κ1) is 16.5. The summed E-state index contributed by atoms with van der Waals surface area (Å²) in [6.45, 7) is 3.03. The number of nitrogens with zero attached hydrogens (tertiary/aromatic N) is 1. The number of H-pyrrole nitrogens is 2. The Bertz CT molecular complexity index is 775. The molecule has 0 spiro atoms. The highest BCUT2D eigenvalue weighted by atomic mass is 16.5. The molecule has 2 rings (SSSR count). The normalized spacial score (nSPS) is 11.0. The first-order chi connectivity index (χ1) is 11.1. The molecule has 3 N–H and O–H groups in total. The van der Waals surface area contributed by atoms with Gasteiger partial charge in [0.25, 0.3) is 5.56 Å². The quantitative estimate of drug-likeness (QED) is 0.527. The maximum atomic E-state index is 11.5. The molecular formula is C16H19N3O4. The van der Waals surface area contributed by atoms with Gasteiger partial charge in [0, 0.05) is 19.2 Å². The van der Waals surface area contributed by atoms with Gasteiger partial charge < -0.3 is 9.84 Å². The van der Waals surface area contributed by atoms with Gasteiger partial charge in [-0.3, -0.25) is 19.8 Å². The second kappa shape index (κ2) is 7.98. The summed E-state index contributed by atoms with van der Waals surface area (Å²) in [5, 5.41) is 9.47. The van der Waals surface area contributed by atoms with Crippen molar-refractivity contribution in [1.82, 2.24) is 9.97 Å². The topological polar surface area (TPSA) is 108 Å². The van der Waals surface area contributed by atoms with Gasteiger partial charge in [-0.25, -0.2) is 4.79 Å². The first-order valence-electron chi connectivity index (χ1n) is 7.37. The van der Waals surface area contributed by atoms with Gasteiger partial charge in [-0.05, 0) is 24.1 Å². The molecule has 0 aliphatic rings. The SMILES string of the molecule is CCc1ccc(OCCCN=Cc2c(O)[nH]c(=O)[nH]c2=O)cc1. The van der Waals surface area contributed by atoms with Gasteiger partial charge in [0.2, 0.25) is 5.88 Å². The van der Waals surface area contributed by atoms with E-state index >= 15 is 0 Å². The summed E-state index contributed by atoms with van der Waals surface area (Å²) in [7, 11) is 0. The lowest BCUT2D eigenvalue weighted by molar-refractivity contribution is 0.313. The Hall–Kier alpha value is -2.83. The Labute approximate surface area is 132 Å². The standard InChI is InChI=1S/C16H19N3O4/c1-2-11-4-6-12(7-5-11)23-9-3-8-17-10-13-14(20)18-16(22)19-15(13)21/h4-7,10H,2-3,8-9H2,1H3,(H3,18,19,20,21,22). The third kappa shape index (κ3) is 4.84. The molecule has 0 saturated carbocycles. The summed E-state index contributed by atoms with van der Waals surface area (Å²) in [5.74, 6) is 0.315. The van der Waals surface area contributed by atoms with Crippen LogP contribution in [0.2, 0.25) is 0 Å². The highest BCUT2D eigenvalue weighted by Gasteiger charge is 2.04. The van der Waals surface area contributed by atoms with Gasteiger partial charge in [-0.15, -0.1) is 0 Å². The van der Waals surface area contributed by atoms with Crippen LogP contribution < -0.4 is 16.0 Å². The third-order valence-electron chi connectivity index (χ3n) is 3.21. The molecule has 23 heavy (non-hydrogen) atoms. The zero-order valence-electron chi connectivity index (χ0n) is 12.8. The van der Waals surface area contributed by atoms with E-state index in [1.54, 1.807) is 0 Å². The van der Waals surface area contributed by atoms with Crippen LogP contribution >= 0.6 is 0 Å². The predicted octanol–water partition coefficient (Wildman–Crippen LogP) is 1.22. The lowest BCUT2D eigenvalue weighted by atomic mass is 10.2. The van der Waals surface area contributed by atoms with Crippen LogP contribution in [0.1, 0.15) is 24.5 Å². The number of hydrogen-bond acceptors (Lipinski definition) is 5. The molecule has 0 amide bonds. The van der Waals surface area contributed by atoms with E-state index < -0.39 is 17.1 Å². The minimum absolute atomic E-state index is 0.0688. The number of rotatable bonds is 7. The van der Waals surface area contributed by atoms with Crippen molar-refractivity contribution in [2.75, 3.05) is 13.2 Å². The van der Waals surface area contributed by atoms with Gasteiger partial charge in [-0.1, -0.05) is 19.1 Å². The predicted molar refractivity (Wildman–Crippen MR) is 87.7 cm³/mol. The second-order valence-electron chi connectivity index (χ2n) is 4.91. The van der Waals surface area contributed by atoms with Crippen LogP contribution in [-0.4, -0.2) is 34.4 Å². The number of benzene rings is 1. The van der Waals surface area contributed by atoms with E-state index in [1.807, 2.05) is 29.2 Å². The van der Waals surface area contributed by atoms with Crippen LogP contribution in [0, 0.1) is 0 Å². The van der Waals surface area contributed by atoms with E-state index in [1.165, 1.54) is 11.8 Å². The van der Waals surface area contributed by atoms with Crippen molar-refractivity contribution in [2.24, 2.45) is 4.99 Å².